The number of hydrogen-bond acceptors (Lipinski definition) is 5. The molecule has 5 nitrogen and oxygen atoms in total. The van der Waals surface area contributed by atoms with E-state index < -0.39 is 0 Å². The Morgan fingerprint density at radius 1 is 1.25 bits per heavy atom. The maximum atomic E-state index is 8.66. The highest BCUT2D eigenvalue weighted by molar-refractivity contribution is 7.99. The molecule has 0 bridgehead atoms. The molecule has 0 amide bonds. The van der Waals surface area contributed by atoms with Crippen molar-refractivity contribution in [2.24, 2.45) is 10.9 Å². The summed E-state index contributed by atoms with van der Waals surface area (Å²) in [5.41, 5.74) is 7.84. The highest BCUT2D eigenvalue weighted by atomic mass is 35.5. The maximum absolute atomic E-state index is 8.66. The van der Waals surface area contributed by atoms with Crippen molar-refractivity contribution in [2.75, 3.05) is 0 Å². The first-order valence-corrected chi connectivity index (χ1v) is 6.96. The van der Waals surface area contributed by atoms with Crippen LogP contribution in [0.4, 0.5) is 0 Å². The standard InChI is InChI=1S/C13H13ClN4OS/c1-7-5-8(2)17-13(16-7)20-9-3-4-10(11(14)6-9)12(15)18-19/h3-6,19H,1-2H3,(H2,15,18). The molecule has 1 aromatic heterocycles. The molecule has 0 unspecified atom stereocenters. The van der Waals surface area contributed by atoms with E-state index in [0.717, 1.165) is 16.3 Å². The zero-order chi connectivity index (χ0) is 14.7. The quantitative estimate of drug-likeness (QED) is 0.299. The number of benzene rings is 1. The van der Waals surface area contributed by atoms with Crippen molar-refractivity contribution in [3.8, 4) is 0 Å². The van der Waals surface area contributed by atoms with Crippen molar-refractivity contribution in [3.05, 3.63) is 46.2 Å². The summed E-state index contributed by atoms with van der Waals surface area (Å²) in [5, 5.41) is 12.7. The van der Waals surface area contributed by atoms with Gasteiger partial charge in [-0.25, -0.2) is 9.97 Å². The number of rotatable bonds is 3. The molecule has 104 valence electrons. The first-order chi connectivity index (χ1) is 9.49. The molecule has 1 heterocycles. The zero-order valence-corrected chi connectivity index (χ0v) is 12.5. The van der Waals surface area contributed by atoms with E-state index >= 15 is 0 Å². The van der Waals surface area contributed by atoms with Gasteiger partial charge >= 0.3 is 0 Å². The van der Waals surface area contributed by atoms with Gasteiger partial charge in [0.2, 0.25) is 0 Å². The van der Waals surface area contributed by atoms with Crippen LogP contribution in [0.2, 0.25) is 5.02 Å². The van der Waals surface area contributed by atoms with Gasteiger partial charge in [0.15, 0.2) is 11.0 Å². The van der Waals surface area contributed by atoms with Gasteiger partial charge < -0.3 is 10.9 Å². The molecule has 1 aromatic carbocycles. The lowest BCUT2D eigenvalue weighted by Gasteiger charge is -2.06. The molecule has 2 aromatic rings. The summed E-state index contributed by atoms with van der Waals surface area (Å²) < 4.78 is 0. The van der Waals surface area contributed by atoms with Crippen LogP contribution in [-0.2, 0) is 0 Å². The summed E-state index contributed by atoms with van der Waals surface area (Å²) >= 11 is 7.51. The van der Waals surface area contributed by atoms with Crippen molar-refractivity contribution in [2.45, 2.75) is 23.9 Å². The Hall–Kier alpha value is -1.79. The molecule has 0 radical (unpaired) electrons. The normalized spacial score (nSPS) is 11.7. The number of halogens is 1. The highest BCUT2D eigenvalue weighted by Crippen LogP contribution is 2.29. The second kappa shape index (κ2) is 6.11. The Morgan fingerprint density at radius 3 is 2.45 bits per heavy atom. The fraction of sp³-hybridized carbons (Fsp3) is 0.154. The van der Waals surface area contributed by atoms with Gasteiger partial charge in [0, 0.05) is 21.8 Å². The van der Waals surface area contributed by atoms with Gasteiger partial charge in [-0.15, -0.1) is 0 Å². The second-order valence-corrected chi connectivity index (χ2v) is 5.61. The minimum atomic E-state index is -0.0193. The minimum Gasteiger partial charge on any atom is -0.409 e. The summed E-state index contributed by atoms with van der Waals surface area (Å²) in [6.45, 7) is 3.85. The molecule has 2 rings (SSSR count). The average molecular weight is 309 g/mol. The molecule has 0 aliphatic rings. The summed E-state index contributed by atoms with van der Waals surface area (Å²) in [7, 11) is 0. The van der Waals surface area contributed by atoms with E-state index in [1.807, 2.05) is 26.0 Å². The molecular formula is C13H13ClN4OS. The van der Waals surface area contributed by atoms with Gasteiger partial charge in [0.05, 0.1) is 5.02 Å². The van der Waals surface area contributed by atoms with Crippen molar-refractivity contribution >= 4 is 29.2 Å². The molecule has 0 fully saturated rings. The molecule has 0 spiro atoms. The van der Waals surface area contributed by atoms with Gasteiger partial charge in [-0.2, -0.15) is 0 Å². The zero-order valence-electron chi connectivity index (χ0n) is 11.0. The summed E-state index contributed by atoms with van der Waals surface area (Å²) in [5.74, 6) is -0.0193. The number of nitrogens with zero attached hydrogens (tertiary/aromatic N) is 3. The predicted molar refractivity (Wildman–Crippen MR) is 79.6 cm³/mol. The van der Waals surface area contributed by atoms with Crippen LogP contribution in [0.5, 0.6) is 0 Å². The van der Waals surface area contributed by atoms with E-state index in [2.05, 4.69) is 15.1 Å². The van der Waals surface area contributed by atoms with Crippen molar-refractivity contribution in [3.63, 3.8) is 0 Å². The van der Waals surface area contributed by atoms with E-state index in [0.29, 0.717) is 15.7 Å². The fourth-order valence-electron chi connectivity index (χ4n) is 1.67. The number of aryl methyl sites for hydroxylation is 2. The Morgan fingerprint density at radius 2 is 1.90 bits per heavy atom. The van der Waals surface area contributed by atoms with Crippen LogP contribution in [0.3, 0.4) is 0 Å². The monoisotopic (exact) mass is 308 g/mol. The van der Waals surface area contributed by atoms with Gasteiger partial charge in [-0.3, -0.25) is 0 Å². The van der Waals surface area contributed by atoms with E-state index in [1.54, 1.807) is 12.1 Å². The largest absolute Gasteiger partial charge is 0.409 e. The molecule has 0 saturated carbocycles. The van der Waals surface area contributed by atoms with Crippen LogP contribution < -0.4 is 5.73 Å². The number of hydrogen-bond donors (Lipinski definition) is 2. The summed E-state index contributed by atoms with van der Waals surface area (Å²) in [4.78, 5) is 9.59. The summed E-state index contributed by atoms with van der Waals surface area (Å²) in [6.07, 6.45) is 0. The molecule has 0 aliphatic heterocycles. The van der Waals surface area contributed by atoms with Gasteiger partial charge in [0.1, 0.15) is 0 Å². The van der Waals surface area contributed by atoms with Gasteiger partial charge in [0.25, 0.3) is 0 Å². The second-order valence-electron chi connectivity index (χ2n) is 4.16. The third-order valence-corrected chi connectivity index (χ3v) is 3.66. The van der Waals surface area contributed by atoms with Crippen LogP contribution in [-0.4, -0.2) is 21.0 Å². The average Bonchev–Trinajstić information content (AvgIpc) is 2.36. The molecule has 0 saturated heterocycles. The Balaban J connectivity index is 2.28. The third kappa shape index (κ3) is 3.40. The topological polar surface area (TPSA) is 84.4 Å². The smallest absolute Gasteiger partial charge is 0.192 e. The van der Waals surface area contributed by atoms with E-state index in [-0.39, 0.29) is 5.84 Å². The van der Waals surface area contributed by atoms with Crippen LogP contribution in [0.15, 0.2) is 39.5 Å². The molecular weight excluding hydrogens is 296 g/mol. The fourth-order valence-corrected chi connectivity index (χ4v) is 2.91. The first kappa shape index (κ1) is 14.6. The lowest BCUT2D eigenvalue weighted by atomic mass is 10.2. The Labute approximate surface area is 125 Å². The minimum absolute atomic E-state index is 0.0193. The number of oxime groups is 1. The maximum Gasteiger partial charge on any atom is 0.192 e. The van der Waals surface area contributed by atoms with Crippen LogP contribution in [0.25, 0.3) is 0 Å². The molecule has 0 atom stereocenters. The molecule has 20 heavy (non-hydrogen) atoms. The van der Waals surface area contributed by atoms with Crippen molar-refractivity contribution < 1.29 is 5.21 Å². The molecule has 0 aliphatic carbocycles. The SMILES string of the molecule is Cc1cc(C)nc(Sc2ccc(C(N)=NO)c(Cl)c2)n1. The molecule has 3 N–H and O–H groups in total. The van der Waals surface area contributed by atoms with Crippen molar-refractivity contribution in [1.82, 2.24) is 9.97 Å². The van der Waals surface area contributed by atoms with Gasteiger partial charge in [-0.1, -0.05) is 16.8 Å². The first-order valence-electron chi connectivity index (χ1n) is 5.77. The van der Waals surface area contributed by atoms with E-state index in [1.165, 1.54) is 11.8 Å². The molecule has 7 heteroatoms. The Kier molecular flexibility index (Phi) is 4.46. The van der Waals surface area contributed by atoms with Crippen molar-refractivity contribution in [1.29, 1.82) is 0 Å². The van der Waals surface area contributed by atoms with Crippen LogP contribution in [0.1, 0.15) is 17.0 Å². The predicted octanol–water partition coefficient (Wildman–Crippen LogP) is 2.99. The number of nitrogens with two attached hydrogens (primary N) is 1. The Bertz CT molecular complexity index is 655. The van der Waals surface area contributed by atoms with Gasteiger partial charge in [-0.05, 0) is 49.9 Å². The summed E-state index contributed by atoms with van der Waals surface area (Å²) in [6, 6.07) is 7.17. The van der Waals surface area contributed by atoms with Crippen LogP contribution >= 0.6 is 23.4 Å². The lowest BCUT2D eigenvalue weighted by Crippen LogP contribution is -2.13. The third-order valence-electron chi connectivity index (χ3n) is 2.50. The highest BCUT2D eigenvalue weighted by Gasteiger charge is 2.08. The lowest BCUT2D eigenvalue weighted by molar-refractivity contribution is 0.318. The van der Waals surface area contributed by atoms with E-state index in [4.69, 9.17) is 22.5 Å². The number of amidine groups is 1. The van der Waals surface area contributed by atoms with Crippen LogP contribution in [0, 0.1) is 13.8 Å². The number of aromatic nitrogens is 2. The van der Waals surface area contributed by atoms with E-state index in [9.17, 15) is 0 Å².